The second-order valence-electron chi connectivity index (χ2n) is 4.73. The molecule has 0 aromatic heterocycles. The molecule has 1 aliphatic rings. The molecule has 0 heterocycles. The molecule has 0 aliphatic heterocycles. The van der Waals surface area contributed by atoms with Crippen molar-refractivity contribution in [1.82, 2.24) is 0 Å². The molecular formula is C14H20O4. The molecule has 2 atom stereocenters. The number of hydrogen-bond acceptors (Lipinski definition) is 4. The van der Waals surface area contributed by atoms with Gasteiger partial charge in [0.25, 0.3) is 0 Å². The number of esters is 2. The van der Waals surface area contributed by atoms with Crippen molar-refractivity contribution < 1.29 is 19.1 Å². The fraction of sp³-hybridized carbons (Fsp3) is 0.571. The number of hydrogen-bond donors (Lipinski definition) is 0. The summed E-state index contributed by atoms with van der Waals surface area (Å²) < 4.78 is 10.6. The van der Waals surface area contributed by atoms with Crippen molar-refractivity contribution in [3.63, 3.8) is 0 Å². The van der Waals surface area contributed by atoms with Crippen LogP contribution in [0.5, 0.6) is 0 Å². The summed E-state index contributed by atoms with van der Waals surface area (Å²) >= 11 is 0. The molecule has 1 saturated carbocycles. The van der Waals surface area contributed by atoms with Gasteiger partial charge >= 0.3 is 11.9 Å². The minimum Gasteiger partial charge on any atom is -0.455 e. The Bertz CT molecular complexity index is 334. The lowest BCUT2D eigenvalue weighted by Gasteiger charge is -2.30. The summed E-state index contributed by atoms with van der Waals surface area (Å²) in [7, 11) is 0. The van der Waals surface area contributed by atoms with Crippen LogP contribution in [0.2, 0.25) is 0 Å². The Morgan fingerprint density at radius 1 is 0.889 bits per heavy atom. The Kier molecular flexibility index (Phi) is 5.13. The maximum absolute atomic E-state index is 11.5. The Balaban J connectivity index is 2.62. The van der Waals surface area contributed by atoms with Gasteiger partial charge < -0.3 is 9.47 Å². The highest BCUT2D eigenvalue weighted by atomic mass is 16.6. The van der Waals surface area contributed by atoms with E-state index in [4.69, 9.17) is 9.47 Å². The van der Waals surface area contributed by atoms with E-state index in [1.807, 2.05) is 0 Å². The molecule has 0 amide bonds. The standard InChI is InChI=1S/C14H20O4/c1-9(2)13(15)17-11-7-5-6-8-12(11)18-14(16)10(3)4/h11-12H,1,3,5-8H2,2,4H3/t11-,12-/m0/s1. The lowest BCUT2D eigenvalue weighted by atomic mass is 9.94. The molecule has 0 radical (unpaired) electrons. The summed E-state index contributed by atoms with van der Waals surface area (Å²) in [5.41, 5.74) is 0.705. The van der Waals surface area contributed by atoms with Crippen molar-refractivity contribution in [2.45, 2.75) is 51.7 Å². The molecule has 1 aliphatic carbocycles. The van der Waals surface area contributed by atoms with Crippen molar-refractivity contribution in [3.05, 3.63) is 24.3 Å². The molecule has 18 heavy (non-hydrogen) atoms. The van der Waals surface area contributed by atoms with E-state index in [0.29, 0.717) is 24.0 Å². The Hall–Kier alpha value is -1.58. The van der Waals surface area contributed by atoms with Crippen LogP contribution in [0.15, 0.2) is 24.3 Å². The first-order chi connectivity index (χ1) is 8.41. The predicted molar refractivity (Wildman–Crippen MR) is 67.9 cm³/mol. The van der Waals surface area contributed by atoms with Crippen molar-refractivity contribution in [3.8, 4) is 0 Å². The molecule has 1 rings (SSSR count). The summed E-state index contributed by atoms with van der Waals surface area (Å²) in [5, 5.41) is 0. The van der Waals surface area contributed by atoms with Crippen molar-refractivity contribution >= 4 is 11.9 Å². The summed E-state index contributed by atoms with van der Waals surface area (Å²) in [5.74, 6) is -0.864. The van der Waals surface area contributed by atoms with Crippen LogP contribution in [0.1, 0.15) is 39.5 Å². The quantitative estimate of drug-likeness (QED) is 0.570. The average Bonchev–Trinajstić information content (AvgIpc) is 2.31. The van der Waals surface area contributed by atoms with Crippen LogP contribution in [-0.2, 0) is 19.1 Å². The van der Waals surface area contributed by atoms with Gasteiger partial charge in [0.1, 0.15) is 12.2 Å². The maximum atomic E-state index is 11.5. The van der Waals surface area contributed by atoms with Crippen molar-refractivity contribution in [2.24, 2.45) is 0 Å². The second kappa shape index (κ2) is 6.38. The highest BCUT2D eigenvalue weighted by Gasteiger charge is 2.31. The van der Waals surface area contributed by atoms with E-state index in [9.17, 15) is 9.59 Å². The fourth-order valence-corrected chi connectivity index (χ4v) is 1.81. The Morgan fingerprint density at radius 3 is 1.50 bits per heavy atom. The van der Waals surface area contributed by atoms with Gasteiger partial charge in [-0.1, -0.05) is 13.2 Å². The van der Waals surface area contributed by atoms with Crippen LogP contribution in [0.4, 0.5) is 0 Å². The van der Waals surface area contributed by atoms with Crippen molar-refractivity contribution in [2.75, 3.05) is 0 Å². The van der Waals surface area contributed by atoms with Crippen LogP contribution >= 0.6 is 0 Å². The van der Waals surface area contributed by atoms with E-state index < -0.39 is 11.9 Å². The van der Waals surface area contributed by atoms with Gasteiger partial charge in [-0.2, -0.15) is 0 Å². The largest absolute Gasteiger partial charge is 0.455 e. The van der Waals surface area contributed by atoms with Gasteiger partial charge in [0.05, 0.1) is 0 Å². The first-order valence-corrected chi connectivity index (χ1v) is 6.14. The number of carbonyl (C=O) groups is 2. The molecular weight excluding hydrogens is 232 g/mol. The summed E-state index contributed by atoms with van der Waals surface area (Å²) in [6, 6.07) is 0. The third-order valence-corrected chi connectivity index (χ3v) is 2.86. The number of rotatable bonds is 4. The first kappa shape index (κ1) is 14.5. The molecule has 0 saturated heterocycles. The van der Waals surface area contributed by atoms with Gasteiger partial charge in [-0.05, 0) is 39.5 Å². The zero-order chi connectivity index (χ0) is 13.7. The lowest BCUT2D eigenvalue weighted by Crippen LogP contribution is -2.38. The number of carbonyl (C=O) groups excluding carboxylic acids is 2. The van der Waals surface area contributed by atoms with E-state index in [0.717, 1.165) is 12.8 Å². The second-order valence-corrected chi connectivity index (χ2v) is 4.73. The smallest absolute Gasteiger partial charge is 0.333 e. The minimum absolute atomic E-state index is 0.352. The highest BCUT2D eigenvalue weighted by Crippen LogP contribution is 2.25. The molecule has 0 aromatic carbocycles. The van der Waals surface area contributed by atoms with E-state index in [1.54, 1.807) is 13.8 Å². The van der Waals surface area contributed by atoms with Gasteiger partial charge in [-0.15, -0.1) is 0 Å². The maximum Gasteiger partial charge on any atom is 0.333 e. The molecule has 0 unspecified atom stereocenters. The highest BCUT2D eigenvalue weighted by molar-refractivity contribution is 5.88. The van der Waals surface area contributed by atoms with Crippen LogP contribution in [0.25, 0.3) is 0 Å². The molecule has 0 spiro atoms. The van der Waals surface area contributed by atoms with Gasteiger partial charge in [-0.25, -0.2) is 9.59 Å². The molecule has 4 nitrogen and oxygen atoms in total. The van der Waals surface area contributed by atoms with Gasteiger partial charge in [0.15, 0.2) is 0 Å². The van der Waals surface area contributed by atoms with E-state index >= 15 is 0 Å². The molecule has 0 aromatic rings. The predicted octanol–water partition coefficient (Wildman–Crippen LogP) is 2.54. The zero-order valence-electron chi connectivity index (χ0n) is 11.0. The molecule has 4 heteroatoms. The van der Waals surface area contributed by atoms with E-state index in [2.05, 4.69) is 13.2 Å². The molecule has 0 N–H and O–H groups in total. The van der Waals surface area contributed by atoms with Gasteiger partial charge in [0, 0.05) is 11.1 Å². The van der Waals surface area contributed by atoms with Gasteiger partial charge in [0.2, 0.25) is 0 Å². The Morgan fingerprint density at radius 2 is 1.22 bits per heavy atom. The topological polar surface area (TPSA) is 52.6 Å². The minimum atomic E-state index is -0.432. The van der Waals surface area contributed by atoms with E-state index in [-0.39, 0.29) is 12.2 Å². The number of ether oxygens (including phenoxy) is 2. The van der Waals surface area contributed by atoms with Crippen LogP contribution in [-0.4, -0.2) is 24.1 Å². The SMILES string of the molecule is C=C(C)C(=O)O[C@H]1CCCC[C@@H]1OC(=O)C(=C)C. The zero-order valence-corrected chi connectivity index (χ0v) is 11.0. The third-order valence-electron chi connectivity index (χ3n) is 2.86. The fourth-order valence-electron chi connectivity index (χ4n) is 1.81. The lowest BCUT2D eigenvalue weighted by molar-refractivity contribution is -0.166. The summed E-state index contributed by atoms with van der Waals surface area (Å²) in [4.78, 5) is 23.0. The van der Waals surface area contributed by atoms with Crippen LogP contribution in [0, 0.1) is 0 Å². The molecule has 100 valence electrons. The monoisotopic (exact) mass is 252 g/mol. The van der Waals surface area contributed by atoms with Crippen molar-refractivity contribution in [1.29, 1.82) is 0 Å². The van der Waals surface area contributed by atoms with Crippen LogP contribution in [0.3, 0.4) is 0 Å². The van der Waals surface area contributed by atoms with Gasteiger partial charge in [-0.3, -0.25) is 0 Å². The first-order valence-electron chi connectivity index (χ1n) is 6.14. The molecule has 0 bridgehead atoms. The summed E-state index contributed by atoms with van der Waals surface area (Å²) in [6.07, 6.45) is 2.63. The van der Waals surface area contributed by atoms with Crippen LogP contribution < -0.4 is 0 Å². The molecule has 1 fully saturated rings. The van der Waals surface area contributed by atoms with E-state index in [1.165, 1.54) is 0 Å². The average molecular weight is 252 g/mol. The normalized spacial score (nSPS) is 23.0. The Labute approximate surface area is 108 Å². The third kappa shape index (κ3) is 4.02. The summed E-state index contributed by atoms with van der Waals surface area (Å²) in [6.45, 7) is 10.3.